The number of aliphatic hydroxyl groups is 1. The van der Waals surface area contributed by atoms with Crippen LogP contribution < -0.4 is 0 Å². The maximum absolute atomic E-state index is 9.87. The van der Waals surface area contributed by atoms with Gasteiger partial charge in [-0.25, -0.2) is 0 Å². The fraction of sp³-hybridized carbons (Fsp3) is 1.00. The van der Waals surface area contributed by atoms with Gasteiger partial charge in [0.15, 0.2) is 14.6 Å². The highest BCUT2D eigenvalue weighted by molar-refractivity contribution is 14.1. The van der Waals surface area contributed by atoms with Gasteiger partial charge >= 0.3 is 0 Å². The van der Waals surface area contributed by atoms with Crippen LogP contribution in [-0.4, -0.2) is 49.1 Å². The van der Waals surface area contributed by atoms with Crippen molar-refractivity contribution in [3.63, 3.8) is 0 Å². The highest BCUT2D eigenvalue weighted by Crippen LogP contribution is 2.40. The fourth-order valence-electron chi connectivity index (χ4n) is 1.93. The highest BCUT2D eigenvalue weighted by Gasteiger charge is 2.48. The summed E-state index contributed by atoms with van der Waals surface area (Å²) in [6.07, 6.45) is -1.23. The van der Waals surface area contributed by atoms with Gasteiger partial charge in [-0.05, 0) is 25.1 Å². The molecule has 114 valence electrons. The zero-order valence-corrected chi connectivity index (χ0v) is 16.1. The van der Waals surface area contributed by atoms with Crippen molar-refractivity contribution in [2.24, 2.45) is 0 Å². The van der Waals surface area contributed by atoms with E-state index < -0.39 is 14.6 Å². The number of ether oxygens (including phenoxy) is 2. The SMILES string of the molecule is CO[C@@H]1[C@H](I)[C@@H](O)O[C@H](C)[C@H]1O[Si](C)(C)C(C)(C)C. The normalized spacial score (nSPS) is 37.4. The Morgan fingerprint density at radius 3 is 2.16 bits per heavy atom. The molecular weight excluding hydrogens is 375 g/mol. The molecule has 6 heteroatoms. The molecule has 0 radical (unpaired) electrons. The lowest BCUT2D eigenvalue weighted by Gasteiger charge is -2.47. The summed E-state index contributed by atoms with van der Waals surface area (Å²) in [5.74, 6) is 0. The lowest BCUT2D eigenvalue weighted by atomic mass is 10.0. The average Bonchev–Trinajstić information content (AvgIpc) is 2.24. The van der Waals surface area contributed by atoms with E-state index in [1.165, 1.54) is 0 Å². The molecule has 1 saturated heterocycles. The van der Waals surface area contributed by atoms with Gasteiger partial charge in [0.2, 0.25) is 0 Å². The van der Waals surface area contributed by atoms with E-state index >= 15 is 0 Å². The summed E-state index contributed by atoms with van der Waals surface area (Å²) < 4.78 is 17.5. The van der Waals surface area contributed by atoms with Gasteiger partial charge < -0.3 is 19.0 Å². The second-order valence-corrected chi connectivity index (χ2v) is 12.9. The maximum atomic E-state index is 9.87. The number of alkyl halides is 1. The van der Waals surface area contributed by atoms with Crippen LogP contribution in [0.25, 0.3) is 0 Å². The summed E-state index contributed by atoms with van der Waals surface area (Å²) in [5.41, 5.74) is 0. The van der Waals surface area contributed by atoms with Gasteiger partial charge in [0.25, 0.3) is 0 Å². The number of rotatable bonds is 3. The van der Waals surface area contributed by atoms with E-state index in [0.717, 1.165) is 0 Å². The first-order valence-corrected chi connectivity index (χ1v) is 10.8. The Labute approximate surface area is 131 Å². The van der Waals surface area contributed by atoms with E-state index in [4.69, 9.17) is 13.9 Å². The molecule has 0 spiro atoms. The minimum Gasteiger partial charge on any atom is -0.409 e. The quantitative estimate of drug-likeness (QED) is 0.448. The molecule has 5 atom stereocenters. The first kappa shape index (κ1) is 17.8. The smallest absolute Gasteiger partial charge is 0.192 e. The van der Waals surface area contributed by atoms with Crippen molar-refractivity contribution in [2.75, 3.05) is 7.11 Å². The first-order valence-electron chi connectivity index (χ1n) is 6.69. The van der Waals surface area contributed by atoms with Crippen molar-refractivity contribution in [1.82, 2.24) is 0 Å². The molecule has 0 amide bonds. The zero-order chi connectivity index (χ0) is 15.0. The summed E-state index contributed by atoms with van der Waals surface area (Å²) >= 11 is 2.18. The summed E-state index contributed by atoms with van der Waals surface area (Å²) in [7, 11) is -0.219. The fourth-order valence-corrected chi connectivity index (χ4v) is 4.16. The minimum absolute atomic E-state index is 0.117. The molecule has 1 rings (SSSR count). The van der Waals surface area contributed by atoms with Crippen LogP contribution in [0.1, 0.15) is 27.7 Å². The van der Waals surface area contributed by atoms with Crippen LogP contribution in [0, 0.1) is 0 Å². The molecule has 0 aromatic carbocycles. The number of aliphatic hydroxyl groups excluding tert-OH is 1. The summed E-state index contributed by atoms with van der Waals surface area (Å²) in [6.45, 7) is 13.0. The van der Waals surface area contributed by atoms with E-state index in [-0.39, 0.29) is 27.3 Å². The maximum Gasteiger partial charge on any atom is 0.192 e. The number of hydrogen-bond donors (Lipinski definition) is 1. The first-order chi connectivity index (χ1) is 8.51. The molecule has 0 aliphatic carbocycles. The molecule has 4 nitrogen and oxygen atoms in total. The summed E-state index contributed by atoms with van der Waals surface area (Å²) in [5, 5.41) is 10.0. The van der Waals surface area contributed by atoms with E-state index in [0.29, 0.717) is 0 Å². The highest BCUT2D eigenvalue weighted by atomic mass is 127. The van der Waals surface area contributed by atoms with Crippen LogP contribution in [0.4, 0.5) is 0 Å². The molecular formula is C13H27IO4Si. The molecule has 1 aliphatic rings. The van der Waals surface area contributed by atoms with E-state index in [1.54, 1.807) is 7.11 Å². The van der Waals surface area contributed by atoms with Gasteiger partial charge in [0.05, 0.1) is 16.1 Å². The van der Waals surface area contributed by atoms with Crippen LogP contribution in [-0.2, 0) is 13.9 Å². The van der Waals surface area contributed by atoms with Crippen LogP contribution in [0.15, 0.2) is 0 Å². The Bertz CT molecular complexity index is 306. The van der Waals surface area contributed by atoms with Crippen molar-refractivity contribution < 1.29 is 19.0 Å². The second kappa shape index (κ2) is 6.27. The molecule has 0 aromatic rings. The Hall–Kier alpha value is 0.787. The molecule has 1 aliphatic heterocycles. The molecule has 0 saturated carbocycles. The van der Waals surface area contributed by atoms with Crippen molar-refractivity contribution in [2.45, 2.75) is 74.4 Å². The predicted molar refractivity (Wildman–Crippen MR) is 87.2 cm³/mol. The number of halogens is 1. The second-order valence-electron chi connectivity index (χ2n) is 6.72. The van der Waals surface area contributed by atoms with Crippen LogP contribution in [0.5, 0.6) is 0 Å². The minimum atomic E-state index is -1.89. The predicted octanol–water partition coefficient (Wildman–Crippen LogP) is 2.93. The third kappa shape index (κ3) is 3.91. The van der Waals surface area contributed by atoms with Crippen molar-refractivity contribution in [3.8, 4) is 0 Å². The molecule has 0 aromatic heterocycles. The molecule has 1 fully saturated rings. The third-order valence-corrected chi connectivity index (χ3v) is 10.0. The molecule has 1 heterocycles. The molecule has 19 heavy (non-hydrogen) atoms. The van der Waals surface area contributed by atoms with Crippen molar-refractivity contribution >= 4 is 30.9 Å². The molecule has 1 N–H and O–H groups in total. The number of hydrogen-bond acceptors (Lipinski definition) is 4. The standard InChI is InChI=1S/C13H27IO4Si/c1-8-10(18-19(6,7)13(2,3)4)11(16-5)9(14)12(15)17-8/h8-12,15H,1-7H3/t8-,9+,10-,11-,12+/m1/s1. The summed E-state index contributed by atoms with van der Waals surface area (Å²) in [4.78, 5) is 0. The van der Waals surface area contributed by atoms with E-state index in [9.17, 15) is 5.11 Å². The van der Waals surface area contributed by atoms with Crippen LogP contribution in [0.3, 0.4) is 0 Å². The van der Waals surface area contributed by atoms with E-state index in [1.807, 2.05) is 6.92 Å². The van der Waals surface area contributed by atoms with Crippen molar-refractivity contribution in [3.05, 3.63) is 0 Å². The van der Waals surface area contributed by atoms with Crippen LogP contribution >= 0.6 is 22.6 Å². The molecule has 0 unspecified atom stereocenters. The lowest BCUT2D eigenvalue weighted by Crippen LogP contribution is -2.60. The van der Waals surface area contributed by atoms with Gasteiger partial charge in [0, 0.05) is 7.11 Å². The number of methoxy groups -OCH3 is 1. The van der Waals surface area contributed by atoms with E-state index in [2.05, 4.69) is 56.5 Å². The Kier molecular flexibility index (Phi) is 5.89. The average molecular weight is 402 g/mol. The van der Waals surface area contributed by atoms with Gasteiger partial charge in [-0.2, -0.15) is 0 Å². The van der Waals surface area contributed by atoms with Gasteiger partial charge in [0.1, 0.15) is 6.10 Å². The monoisotopic (exact) mass is 402 g/mol. The topological polar surface area (TPSA) is 47.9 Å². The zero-order valence-electron chi connectivity index (χ0n) is 12.9. The Morgan fingerprint density at radius 2 is 1.74 bits per heavy atom. The van der Waals surface area contributed by atoms with Gasteiger partial charge in [-0.15, -0.1) is 0 Å². The Morgan fingerprint density at radius 1 is 1.21 bits per heavy atom. The van der Waals surface area contributed by atoms with Gasteiger partial charge in [-0.1, -0.05) is 43.4 Å². The third-order valence-electron chi connectivity index (χ3n) is 4.24. The lowest BCUT2D eigenvalue weighted by molar-refractivity contribution is -0.220. The van der Waals surface area contributed by atoms with Crippen molar-refractivity contribution in [1.29, 1.82) is 0 Å². The molecule has 0 bridgehead atoms. The van der Waals surface area contributed by atoms with Gasteiger partial charge in [-0.3, -0.25) is 0 Å². The van der Waals surface area contributed by atoms with Crippen LogP contribution in [0.2, 0.25) is 18.1 Å². The Balaban J connectivity index is 2.91. The summed E-state index contributed by atoms with van der Waals surface area (Å²) in [6, 6.07) is 0. The largest absolute Gasteiger partial charge is 0.409 e.